The number of carbonyl (C=O) groups excluding carboxylic acids is 1. The molecule has 0 bridgehead atoms. The second-order valence-corrected chi connectivity index (χ2v) is 6.18. The predicted octanol–water partition coefficient (Wildman–Crippen LogP) is 4.21. The Morgan fingerprint density at radius 2 is 1.79 bits per heavy atom. The summed E-state index contributed by atoms with van der Waals surface area (Å²) in [6, 6.07) is 24.1. The third-order valence-electron chi connectivity index (χ3n) is 4.14. The van der Waals surface area contributed by atoms with Crippen LogP contribution in [0.15, 0.2) is 77.9 Å². The van der Waals surface area contributed by atoms with Gasteiger partial charge in [-0.15, -0.1) is 0 Å². The third-order valence-corrected chi connectivity index (χ3v) is 4.14. The maximum Gasteiger partial charge on any atom is 0.271 e. The Morgan fingerprint density at radius 3 is 2.46 bits per heavy atom. The maximum atomic E-state index is 12.1. The quantitative estimate of drug-likeness (QED) is 0.522. The van der Waals surface area contributed by atoms with Crippen molar-refractivity contribution in [1.82, 2.24) is 5.43 Å². The number of nitriles is 1. The molecular formula is C23H19N3O2. The highest BCUT2D eigenvalue weighted by molar-refractivity contribution is 5.96. The molecule has 5 heteroatoms. The Balaban J connectivity index is 1.52. The predicted molar refractivity (Wildman–Crippen MR) is 108 cm³/mol. The molecule has 0 spiro atoms. The van der Waals surface area contributed by atoms with Gasteiger partial charge in [0.05, 0.1) is 17.8 Å². The second kappa shape index (κ2) is 9.15. The van der Waals surface area contributed by atoms with Gasteiger partial charge >= 0.3 is 0 Å². The fourth-order valence-electron chi connectivity index (χ4n) is 2.55. The molecular weight excluding hydrogens is 350 g/mol. The molecule has 0 atom stereocenters. The van der Waals surface area contributed by atoms with E-state index in [4.69, 9.17) is 10.00 Å². The van der Waals surface area contributed by atoms with Crippen molar-refractivity contribution < 1.29 is 9.53 Å². The zero-order chi connectivity index (χ0) is 19.8. The van der Waals surface area contributed by atoms with Gasteiger partial charge in [0.25, 0.3) is 5.91 Å². The van der Waals surface area contributed by atoms with Crippen LogP contribution >= 0.6 is 0 Å². The SMILES string of the molecule is Cc1ccccc1C(=O)N/N=C\c1ccc(OCc2ccc(C#N)cc2)cc1. The summed E-state index contributed by atoms with van der Waals surface area (Å²) in [5.74, 6) is 0.488. The Hall–Kier alpha value is -3.91. The van der Waals surface area contributed by atoms with E-state index >= 15 is 0 Å². The van der Waals surface area contributed by atoms with Crippen LogP contribution in [0.4, 0.5) is 0 Å². The molecule has 138 valence electrons. The van der Waals surface area contributed by atoms with E-state index in [0.29, 0.717) is 17.7 Å². The number of nitrogens with one attached hydrogen (secondary N) is 1. The molecule has 0 saturated carbocycles. The van der Waals surface area contributed by atoms with E-state index in [1.165, 1.54) is 0 Å². The number of hydrazone groups is 1. The summed E-state index contributed by atoms with van der Waals surface area (Å²) in [5, 5.41) is 12.8. The molecule has 0 aliphatic rings. The van der Waals surface area contributed by atoms with Crippen LogP contribution in [0.25, 0.3) is 0 Å². The highest BCUT2D eigenvalue weighted by Gasteiger charge is 2.06. The van der Waals surface area contributed by atoms with E-state index in [-0.39, 0.29) is 5.91 Å². The lowest BCUT2D eigenvalue weighted by Gasteiger charge is -2.06. The largest absolute Gasteiger partial charge is 0.489 e. The molecule has 0 aliphatic heterocycles. The lowest BCUT2D eigenvalue weighted by Crippen LogP contribution is -2.18. The van der Waals surface area contributed by atoms with Crippen molar-refractivity contribution in [2.75, 3.05) is 0 Å². The number of carbonyl (C=O) groups is 1. The number of ether oxygens (including phenoxy) is 1. The number of aryl methyl sites for hydroxylation is 1. The van der Waals surface area contributed by atoms with Crippen LogP contribution in [-0.2, 0) is 6.61 Å². The molecule has 3 aromatic carbocycles. The number of amides is 1. The lowest BCUT2D eigenvalue weighted by molar-refractivity contribution is 0.0954. The molecule has 0 aliphatic carbocycles. The Bertz CT molecular complexity index is 1020. The minimum absolute atomic E-state index is 0.239. The van der Waals surface area contributed by atoms with Gasteiger partial charge in [-0.1, -0.05) is 30.3 Å². The van der Waals surface area contributed by atoms with Gasteiger partial charge in [-0.05, 0) is 66.1 Å². The van der Waals surface area contributed by atoms with Crippen LogP contribution in [0.5, 0.6) is 5.75 Å². The molecule has 0 unspecified atom stereocenters. The fourth-order valence-corrected chi connectivity index (χ4v) is 2.55. The van der Waals surface area contributed by atoms with Gasteiger partial charge in [0, 0.05) is 5.56 Å². The molecule has 5 nitrogen and oxygen atoms in total. The highest BCUT2D eigenvalue weighted by atomic mass is 16.5. The molecule has 0 saturated heterocycles. The zero-order valence-electron chi connectivity index (χ0n) is 15.4. The normalized spacial score (nSPS) is 10.4. The number of hydrogen-bond acceptors (Lipinski definition) is 4. The van der Waals surface area contributed by atoms with Crippen molar-refractivity contribution in [3.8, 4) is 11.8 Å². The summed E-state index contributed by atoms with van der Waals surface area (Å²) in [7, 11) is 0. The first-order chi connectivity index (χ1) is 13.7. The first-order valence-corrected chi connectivity index (χ1v) is 8.76. The number of hydrogen-bond donors (Lipinski definition) is 1. The highest BCUT2D eigenvalue weighted by Crippen LogP contribution is 2.14. The summed E-state index contributed by atoms with van der Waals surface area (Å²) in [6.45, 7) is 2.31. The molecule has 1 N–H and O–H groups in total. The van der Waals surface area contributed by atoms with Gasteiger partial charge in [-0.2, -0.15) is 10.4 Å². The van der Waals surface area contributed by atoms with Crippen LogP contribution in [0.1, 0.15) is 32.6 Å². The number of benzene rings is 3. The average molecular weight is 369 g/mol. The third kappa shape index (κ3) is 5.05. The van der Waals surface area contributed by atoms with Crippen molar-refractivity contribution in [2.45, 2.75) is 13.5 Å². The molecule has 1 amide bonds. The van der Waals surface area contributed by atoms with Gasteiger partial charge < -0.3 is 4.74 Å². The monoisotopic (exact) mass is 369 g/mol. The van der Waals surface area contributed by atoms with Gasteiger partial charge in [0.2, 0.25) is 0 Å². The second-order valence-electron chi connectivity index (χ2n) is 6.18. The number of rotatable bonds is 6. The fraction of sp³-hybridized carbons (Fsp3) is 0.0870. The van der Waals surface area contributed by atoms with E-state index in [2.05, 4.69) is 16.6 Å². The van der Waals surface area contributed by atoms with Gasteiger partial charge in [-0.25, -0.2) is 5.43 Å². The Kier molecular flexibility index (Phi) is 6.17. The summed E-state index contributed by atoms with van der Waals surface area (Å²) >= 11 is 0. The summed E-state index contributed by atoms with van der Waals surface area (Å²) in [6.07, 6.45) is 1.58. The first-order valence-electron chi connectivity index (χ1n) is 8.76. The minimum Gasteiger partial charge on any atom is -0.489 e. The molecule has 3 aromatic rings. The van der Waals surface area contributed by atoms with Crippen LogP contribution in [0, 0.1) is 18.3 Å². The van der Waals surface area contributed by atoms with Crippen LogP contribution < -0.4 is 10.2 Å². The number of nitrogens with zero attached hydrogens (tertiary/aromatic N) is 2. The van der Waals surface area contributed by atoms with E-state index in [9.17, 15) is 4.79 Å². The van der Waals surface area contributed by atoms with Crippen LogP contribution in [0.3, 0.4) is 0 Å². The van der Waals surface area contributed by atoms with E-state index in [0.717, 1.165) is 22.4 Å². The smallest absolute Gasteiger partial charge is 0.271 e. The topological polar surface area (TPSA) is 74.5 Å². The van der Waals surface area contributed by atoms with E-state index < -0.39 is 0 Å². The minimum atomic E-state index is -0.239. The Labute approximate surface area is 163 Å². The van der Waals surface area contributed by atoms with Gasteiger partial charge in [0.1, 0.15) is 12.4 Å². The molecule has 28 heavy (non-hydrogen) atoms. The van der Waals surface area contributed by atoms with Gasteiger partial charge in [0.15, 0.2) is 0 Å². The molecule has 3 rings (SSSR count). The van der Waals surface area contributed by atoms with Crippen molar-refractivity contribution in [3.05, 3.63) is 101 Å². The van der Waals surface area contributed by atoms with Crippen LogP contribution in [-0.4, -0.2) is 12.1 Å². The zero-order valence-corrected chi connectivity index (χ0v) is 15.4. The van der Waals surface area contributed by atoms with Gasteiger partial charge in [-0.3, -0.25) is 4.79 Å². The maximum absolute atomic E-state index is 12.1. The van der Waals surface area contributed by atoms with E-state index in [1.54, 1.807) is 24.4 Å². The first kappa shape index (κ1) is 18.9. The molecule has 0 heterocycles. The molecule has 0 fully saturated rings. The van der Waals surface area contributed by atoms with Crippen molar-refractivity contribution >= 4 is 12.1 Å². The van der Waals surface area contributed by atoms with E-state index in [1.807, 2.05) is 61.5 Å². The lowest BCUT2D eigenvalue weighted by atomic mass is 10.1. The van der Waals surface area contributed by atoms with Crippen LogP contribution in [0.2, 0.25) is 0 Å². The molecule has 0 radical (unpaired) electrons. The standard InChI is InChI=1S/C23H19N3O2/c1-17-4-2-3-5-22(17)23(27)26-25-15-19-10-12-21(13-11-19)28-16-20-8-6-18(14-24)7-9-20/h2-13,15H,16H2,1H3,(H,26,27)/b25-15-. The summed E-state index contributed by atoms with van der Waals surface area (Å²) < 4.78 is 5.74. The average Bonchev–Trinajstić information content (AvgIpc) is 2.74. The summed E-state index contributed by atoms with van der Waals surface area (Å²) in [5.41, 5.74) is 6.50. The van der Waals surface area contributed by atoms with Crippen molar-refractivity contribution in [3.63, 3.8) is 0 Å². The van der Waals surface area contributed by atoms with Crippen molar-refractivity contribution in [1.29, 1.82) is 5.26 Å². The molecule has 0 aromatic heterocycles. The Morgan fingerprint density at radius 1 is 1.07 bits per heavy atom. The van der Waals surface area contributed by atoms with Crippen molar-refractivity contribution in [2.24, 2.45) is 5.10 Å². The summed E-state index contributed by atoms with van der Waals surface area (Å²) in [4.78, 5) is 12.1.